The van der Waals surface area contributed by atoms with Crippen molar-refractivity contribution in [2.45, 2.75) is 0 Å². The summed E-state index contributed by atoms with van der Waals surface area (Å²) in [6.45, 7) is 0. The van der Waals surface area contributed by atoms with Gasteiger partial charge in [0.25, 0.3) is 0 Å². The Balaban J connectivity index is 2.11. The molecule has 1 aromatic carbocycles. The van der Waals surface area contributed by atoms with Gasteiger partial charge < -0.3 is 10.1 Å². The molecule has 1 heterocycles. The van der Waals surface area contributed by atoms with Crippen LogP contribution in [0.3, 0.4) is 0 Å². The van der Waals surface area contributed by atoms with Crippen LogP contribution < -0.4 is 10.1 Å². The highest BCUT2D eigenvalue weighted by atomic mass is 16.5. The lowest BCUT2D eigenvalue weighted by atomic mass is 10.3. The Labute approximate surface area is 88.5 Å². The molecule has 0 fully saturated rings. The van der Waals surface area contributed by atoms with Crippen LogP contribution in [0.1, 0.15) is 0 Å². The van der Waals surface area contributed by atoms with Crippen LogP contribution >= 0.6 is 0 Å². The normalized spacial score (nSPS) is 10.0. The standard InChI is InChI=1S/C11H13N3O/c1-14-8-10(7-12-14)13-9-3-5-11(15-2)6-4-9/h3-8,13H,1-2H3. The molecule has 4 nitrogen and oxygen atoms in total. The predicted octanol–water partition coefficient (Wildman–Crippen LogP) is 2.17. The number of rotatable bonds is 3. The molecule has 0 amide bonds. The molecule has 2 rings (SSSR count). The van der Waals surface area contributed by atoms with Crippen LogP contribution in [0.2, 0.25) is 0 Å². The fraction of sp³-hybridized carbons (Fsp3) is 0.182. The maximum atomic E-state index is 5.08. The van der Waals surface area contributed by atoms with Gasteiger partial charge in [-0.1, -0.05) is 0 Å². The Morgan fingerprint density at radius 3 is 2.47 bits per heavy atom. The number of hydrogen-bond donors (Lipinski definition) is 1. The van der Waals surface area contributed by atoms with E-state index in [2.05, 4.69) is 10.4 Å². The molecule has 0 unspecified atom stereocenters. The summed E-state index contributed by atoms with van der Waals surface area (Å²) in [6.07, 6.45) is 3.70. The maximum Gasteiger partial charge on any atom is 0.119 e. The smallest absolute Gasteiger partial charge is 0.119 e. The van der Waals surface area contributed by atoms with Crippen LogP contribution in [0.25, 0.3) is 0 Å². The summed E-state index contributed by atoms with van der Waals surface area (Å²) in [5, 5.41) is 7.31. The lowest BCUT2D eigenvalue weighted by Gasteiger charge is -2.04. The Bertz CT molecular complexity index is 433. The van der Waals surface area contributed by atoms with Gasteiger partial charge in [-0.25, -0.2) is 0 Å². The summed E-state index contributed by atoms with van der Waals surface area (Å²) in [5.74, 6) is 0.853. The molecule has 0 atom stereocenters. The zero-order valence-electron chi connectivity index (χ0n) is 8.77. The number of aromatic nitrogens is 2. The second-order valence-corrected chi connectivity index (χ2v) is 3.26. The van der Waals surface area contributed by atoms with Gasteiger partial charge in [0.05, 0.1) is 19.0 Å². The molecule has 4 heteroatoms. The highest BCUT2D eigenvalue weighted by molar-refractivity contribution is 5.58. The highest BCUT2D eigenvalue weighted by Gasteiger charge is 1.97. The van der Waals surface area contributed by atoms with E-state index in [1.54, 1.807) is 18.0 Å². The quantitative estimate of drug-likeness (QED) is 0.831. The summed E-state index contributed by atoms with van der Waals surface area (Å²) < 4.78 is 6.84. The Kier molecular flexibility index (Phi) is 2.58. The third kappa shape index (κ3) is 2.28. The number of hydrogen-bond acceptors (Lipinski definition) is 3. The van der Waals surface area contributed by atoms with Crippen molar-refractivity contribution < 1.29 is 4.74 Å². The van der Waals surface area contributed by atoms with E-state index in [0.717, 1.165) is 17.1 Å². The van der Waals surface area contributed by atoms with E-state index >= 15 is 0 Å². The monoisotopic (exact) mass is 203 g/mol. The van der Waals surface area contributed by atoms with E-state index in [4.69, 9.17) is 4.74 Å². The van der Waals surface area contributed by atoms with Crippen LogP contribution in [0.4, 0.5) is 11.4 Å². The second kappa shape index (κ2) is 4.04. The van der Waals surface area contributed by atoms with Gasteiger partial charge in [0.1, 0.15) is 5.75 Å². The van der Waals surface area contributed by atoms with E-state index in [1.165, 1.54) is 0 Å². The van der Waals surface area contributed by atoms with Gasteiger partial charge in [-0.05, 0) is 24.3 Å². The molecule has 0 aliphatic rings. The Morgan fingerprint density at radius 1 is 1.20 bits per heavy atom. The average molecular weight is 203 g/mol. The Morgan fingerprint density at radius 2 is 1.93 bits per heavy atom. The second-order valence-electron chi connectivity index (χ2n) is 3.26. The van der Waals surface area contributed by atoms with Gasteiger partial charge >= 0.3 is 0 Å². The molecule has 0 bridgehead atoms. The number of anilines is 2. The summed E-state index contributed by atoms with van der Waals surface area (Å²) in [5.41, 5.74) is 1.99. The van der Waals surface area contributed by atoms with Crippen LogP contribution in [0, 0.1) is 0 Å². The summed E-state index contributed by atoms with van der Waals surface area (Å²) in [6, 6.07) is 7.76. The predicted molar refractivity (Wildman–Crippen MR) is 59.5 cm³/mol. The number of benzene rings is 1. The van der Waals surface area contributed by atoms with E-state index in [9.17, 15) is 0 Å². The molecule has 0 aliphatic heterocycles. The minimum Gasteiger partial charge on any atom is -0.497 e. The van der Waals surface area contributed by atoms with Crippen molar-refractivity contribution in [3.05, 3.63) is 36.7 Å². The summed E-state index contributed by atoms with van der Waals surface area (Å²) in [7, 11) is 3.54. The van der Waals surface area contributed by atoms with E-state index in [0.29, 0.717) is 0 Å². The van der Waals surface area contributed by atoms with Crippen molar-refractivity contribution in [2.75, 3.05) is 12.4 Å². The first kappa shape index (κ1) is 9.58. The molecule has 0 spiro atoms. The zero-order valence-corrected chi connectivity index (χ0v) is 8.77. The topological polar surface area (TPSA) is 39.1 Å². The van der Waals surface area contributed by atoms with E-state index in [1.807, 2.05) is 37.5 Å². The zero-order chi connectivity index (χ0) is 10.7. The number of ether oxygens (including phenoxy) is 1. The SMILES string of the molecule is COc1ccc(Nc2cnn(C)c2)cc1. The average Bonchev–Trinajstić information content (AvgIpc) is 2.65. The molecular formula is C11H13N3O. The fourth-order valence-corrected chi connectivity index (χ4v) is 1.33. The van der Waals surface area contributed by atoms with E-state index in [-0.39, 0.29) is 0 Å². The van der Waals surface area contributed by atoms with Crippen molar-refractivity contribution in [3.63, 3.8) is 0 Å². The first-order chi connectivity index (χ1) is 7.28. The van der Waals surface area contributed by atoms with Gasteiger partial charge in [0.15, 0.2) is 0 Å². The summed E-state index contributed by atoms with van der Waals surface area (Å²) >= 11 is 0. The van der Waals surface area contributed by atoms with Crippen molar-refractivity contribution >= 4 is 11.4 Å². The van der Waals surface area contributed by atoms with Gasteiger partial charge in [-0.2, -0.15) is 5.10 Å². The van der Waals surface area contributed by atoms with Crippen molar-refractivity contribution in [2.24, 2.45) is 7.05 Å². The lowest BCUT2D eigenvalue weighted by Crippen LogP contribution is -1.89. The molecular weight excluding hydrogens is 190 g/mol. The van der Waals surface area contributed by atoms with Gasteiger partial charge in [-0.15, -0.1) is 0 Å². The molecule has 0 saturated carbocycles. The van der Waals surface area contributed by atoms with Crippen molar-refractivity contribution in [3.8, 4) is 5.75 Å². The molecule has 2 aromatic rings. The van der Waals surface area contributed by atoms with Crippen LogP contribution in [0.5, 0.6) is 5.75 Å². The number of nitrogens with one attached hydrogen (secondary N) is 1. The van der Waals surface area contributed by atoms with E-state index < -0.39 is 0 Å². The Hall–Kier alpha value is -1.97. The van der Waals surface area contributed by atoms with Crippen LogP contribution in [0.15, 0.2) is 36.7 Å². The van der Waals surface area contributed by atoms with Gasteiger partial charge in [-0.3, -0.25) is 4.68 Å². The number of nitrogens with zero attached hydrogens (tertiary/aromatic N) is 2. The first-order valence-electron chi connectivity index (χ1n) is 4.67. The minimum atomic E-state index is 0.853. The lowest BCUT2D eigenvalue weighted by molar-refractivity contribution is 0.415. The molecule has 0 radical (unpaired) electrons. The molecule has 0 saturated heterocycles. The van der Waals surface area contributed by atoms with Crippen molar-refractivity contribution in [1.29, 1.82) is 0 Å². The summed E-state index contributed by atoms with van der Waals surface area (Å²) in [4.78, 5) is 0. The molecule has 1 aromatic heterocycles. The maximum absolute atomic E-state index is 5.08. The largest absolute Gasteiger partial charge is 0.497 e. The number of aryl methyl sites for hydroxylation is 1. The first-order valence-corrected chi connectivity index (χ1v) is 4.67. The molecule has 78 valence electrons. The molecule has 15 heavy (non-hydrogen) atoms. The van der Waals surface area contributed by atoms with Gasteiger partial charge in [0.2, 0.25) is 0 Å². The highest BCUT2D eigenvalue weighted by Crippen LogP contribution is 2.18. The fourth-order valence-electron chi connectivity index (χ4n) is 1.33. The molecule has 1 N–H and O–H groups in total. The van der Waals surface area contributed by atoms with Crippen LogP contribution in [-0.2, 0) is 7.05 Å². The minimum absolute atomic E-state index is 0.853. The third-order valence-corrected chi connectivity index (χ3v) is 2.08. The third-order valence-electron chi connectivity index (χ3n) is 2.08. The van der Waals surface area contributed by atoms with Crippen molar-refractivity contribution in [1.82, 2.24) is 9.78 Å². The van der Waals surface area contributed by atoms with Gasteiger partial charge in [0, 0.05) is 18.9 Å². The number of methoxy groups -OCH3 is 1. The molecule has 0 aliphatic carbocycles. The van der Waals surface area contributed by atoms with Crippen LogP contribution in [-0.4, -0.2) is 16.9 Å².